The normalized spacial score (nSPS) is 18.3. The Hall–Kier alpha value is -1.49. The summed E-state index contributed by atoms with van der Waals surface area (Å²) in [7, 11) is 2.04. The van der Waals surface area contributed by atoms with Crippen LogP contribution in [0.25, 0.3) is 0 Å². The molecule has 2 aromatic rings. The van der Waals surface area contributed by atoms with Crippen LogP contribution in [0.15, 0.2) is 36.5 Å². The highest BCUT2D eigenvalue weighted by atomic mass is 35.5. The lowest BCUT2D eigenvalue weighted by Gasteiger charge is -2.24. The van der Waals surface area contributed by atoms with Gasteiger partial charge >= 0.3 is 0 Å². The van der Waals surface area contributed by atoms with E-state index < -0.39 is 0 Å². The van der Waals surface area contributed by atoms with E-state index in [1.165, 1.54) is 5.69 Å². The smallest absolute Gasteiger partial charge is 0.238 e. The van der Waals surface area contributed by atoms with Gasteiger partial charge in [0.1, 0.15) is 0 Å². The summed E-state index contributed by atoms with van der Waals surface area (Å²) in [6, 6.07) is 9.52. The van der Waals surface area contributed by atoms with Crippen molar-refractivity contribution in [3.63, 3.8) is 0 Å². The molecule has 0 unspecified atom stereocenters. The average molecular weight is 352 g/mol. The number of anilines is 1. The van der Waals surface area contributed by atoms with Gasteiger partial charge in [-0.3, -0.25) is 9.69 Å². The molecule has 6 heteroatoms. The summed E-state index contributed by atoms with van der Waals surface area (Å²) in [6.07, 6.45) is 4.22. The molecule has 4 nitrogen and oxygen atoms in total. The minimum Gasteiger partial charge on any atom is -0.353 e. The van der Waals surface area contributed by atoms with E-state index >= 15 is 0 Å². The van der Waals surface area contributed by atoms with Crippen LogP contribution in [-0.2, 0) is 11.8 Å². The van der Waals surface area contributed by atoms with Crippen LogP contribution in [0.2, 0.25) is 10.0 Å². The molecule has 1 fully saturated rings. The van der Waals surface area contributed by atoms with Gasteiger partial charge in [0.15, 0.2) is 0 Å². The van der Waals surface area contributed by atoms with E-state index in [2.05, 4.69) is 20.9 Å². The molecule has 1 aromatic heterocycles. The van der Waals surface area contributed by atoms with E-state index in [-0.39, 0.29) is 5.91 Å². The molecule has 1 N–H and O–H groups in total. The number of hydrogen-bond acceptors (Lipinski definition) is 2. The second kappa shape index (κ2) is 6.95. The molecular weight excluding hydrogens is 333 g/mol. The Balaban J connectivity index is 1.66. The first-order valence-corrected chi connectivity index (χ1v) is 8.40. The summed E-state index contributed by atoms with van der Waals surface area (Å²) in [4.78, 5) is 14.6. The Labute approximate surface area is 146 Å². The zero-order valence-electron chi connectivity index (χ0n) is 12.9. The van der Waals surface area contributed by atoms with Gasteiger partial charge in [0.25, 0.3) is 0 Å². The number of hydrogen-bond donors (Lipinski definition) is 1. The molecule has 23 heavy (non-hydrogen) atoms. The molecule has 1 saturated heterocycles. The van der Waals surface area contributed by atoms with Crippen molar-refractivity contribution in [1.29, 1.82) is 0 Å². The van der Waals surface area contributed by atoms with Crippen LogP contribution >= 0.6 is 23.2 Å². The molecular formula is C17H19Cl2N3O. The van der Waals surface area contributed by atoms with Gasteiger partial charge in [-0.25, -0.2) is 0 Å². The maximum Gasteiger partial charge on any atom is 0.238 e. The fourth-order valence-corrected chi connectivity index (χ4v) is 3.59. The first-order chi connectivity index (χ1) is 11.0. The zero-order chi connectivity index (χ0) is 16.4. The van der Waals surface area contributed by atoms with Crippen LogP contribution < -0.4 is 5.32 Å². The number of aryl methyl sites for hydroxylation is 1. The molecule has 2 heterocycles. The molecule has 1 aliphatic heterocycles. The number of carbonyl (C=O) groups excluding carboxylic acids is 1. The lowest BCUT2D eigenvalue weighted by atomic mass is 10.1. The van der Waals surface area contributed by atoms with Crippen molar-refractivity contribution in [1.82, 2.24) is 9.47 Å². The Morgan fingerprint density at radius 2 is 2.17 bits per heavy atom. The third-order valence-electron chi connectivity index (χ3n) is 4.24. The second-order valence-corrected chi connectivity index (χ2v) is 6.69. The topological polar surface area (TPSA) is 37.3 Å². The van der Waals surface area contributed by atoms with Gasteiger partial charge in [0, 0.05) is 24.0 Å². The van der Waals surface area contributed by atoms with Gasteiger partial charge in [-0.05, 0) is 49.7 Å². The Morgan fingerprint density at radius 1 is 1.35 bits per heavy atom. The average Bonchev–Trinajstić information content (AvgIpc) is 3.10. The predicted octanol–water partition coefficient (Wildman–Crippen LogP) is 4.11. The van der Waals surface area contributed by atoms with Gasteiger partial charge < -0.3 is 9.88 Å². The number of aromatic nitrogens is 1. The Kier molecular flexibility index (Phi) is 4.95. The van der Waals surface area contributed by atoms with Crippen LogP contribution in [0.3, 0.4) is 0 Å². The molecule has 122 valence electrons. The quantitative estimate of drug-likeness (QED) is 0.899. The second-order valence-electron chi connectivity index (χ2n) is 5.84. The fourth-order valence-electron chi connectivity index (χ4n) is 3.14. The highest BCUT2D eigenvalue weighted by molar-refractivity contribution is 6.36. The van der Waals surface area contributed by atoms with Gasteiger partial charge in [0.05, 0.1) is 23.3 Å². The fraction of sp³-hybridized carbons (Fsp3) is 0.353. The molecule has 3 rings (SSSR count). The van der Waals surface area contributed by atoms with Crippen LogP contribution in [0.1, 0.15) is 24.6 Å². The summed E-state index contributed by atoms with van der Waals surface area (Å²) < 4.78 is 2.12. The van der Waals surface area contributed by atoms with E-state index in [9.17, 15) is 4.79 Å². The molecule has 1 aliphatic rings. The Bertz CT molecular complexity index is 714. The van der Waals surface area contributed by atoms with Crippen molar-refractivity contribution in [2.24, 2.45) is 7.05 Å². The summed E-state index contributed by atoms with van der Waals surface area (Å²) in [5.74, 6) is -0.0599. The van der Waals surface area contributed by atoms with Crippen molar-refractivity contribution < 1.29 is 4.79 Å². The molecule has 1 atom stereocenters. The number of likely N-dealkylation sites (tertiary alicyclic amines) is 1. The first-order valence-electron chi connectivity index (χ1n) is 7.65. The van der Waals surface area contributed by atoms with Crippen molar-refractivity contribution in [3.8, 4) is 0 Å². The van der Waals surface area contributed by atoms with Crippen molar-refractivity contribution >= 4 is 34.8 Å². The molecule has 1 aromatic carbocycles. The van der Waals surface area contributed by atoms with E-state index in [0.29, 0.717) is 28.3 Å². The number of halogens is 2. The standard InChI is InChI=1S/C17H19Cl2N3O/c1-21-8-2-4-15(21)16-5-3-9-22(16)11-17(23)20-14-7-6-12(18)10-13(14)19/h2,4,6-8,10,16H,3,5,9,11H2,1H3,(H,20,23)/t16-/m0/s1. The SMILES string of the molecule is Cn1cccc1[C@@H]1CCCN1CC(=O)Nc1ccc(Cl)cc1Cl. The van der Waals surface area contributed by atoms with Crippen LogP contribution in [0.4, 0.5) is 5.69 Å². The summed E-state index contributed by atoms with van der Waals surface area (Å²) in [6.45, 7) is 1.28. The molecule has 0 radical (unpaired) electrons. The number of benzene rings is 1. The van der Waals surface area contributed by atoms with E-state index in [1.807, 2.05) is 19.3 Å². The van der Waals surface area contributed by atoms with Crippen LogP contribution in [0, 0.1) is 0 Å². The highest BCUT2D eigenvalue weighted by Gasteiger charge is 2.29. The summed E-state index contributed by atoms with van der Waals surface area (Å²) in [5, 5.41) is 3.87. The predicted molar refractivity (Wildman–Crippen MR) is 94.1 cm³/mol. The highest BCUT2D eigenvalue weighted by Crippen LogP contribution is 2.32. The van der Waals surface area contributed by atoms with Crippen molar-refractivity contribution in [3.05, 3.63) is 52.3 Å². The molecule has 1 amide bonds. The number of nitrogens with one attached hydrogen (secondary N) is 1. The van der Waals surface area contributed by atoms with E-state index in [4.69, 9.17) is 23.2 Å². The van der Waals surface area contributed by atoms with Gasteiger partial charge in [0.2, 0.25) is 5.91 Å². The van der Waals surface area contributed by atoms with E-state index in [1.54, 1.807) is 18.2 Å². The lowest BCUT2D eigenvalue weighted by molar-refractivity contribution is -0.117. The lowest BCUT2D eigenvalue weighted by Crippen LogP contribution is -2.33. The largest absolute Gasteiger partial charge is 0.353 e. The minimum absolute atomic E-state index is 0.0599. The van der Waals surface area contributed by atoms with Crippen LogP contribution in [-0.4, -0.2) is 28.5 Å². The molecule has 0 spiro atoms. The maximum absolute atomic E-state index is 12.4. The first kappa shape index (κ1) is 16.4. The number of amides is 1. The third kappa shape index (κ3) is 3.71. The Morgan fingerprint density at radius 3 is 2.87 bits per heavy atom. The molecule has 0 aliphatic carbocycles. The van der Waals surface area contributed by atoms with Crippen molar-refractivity contribution in [2.75, 3.05) is 18.4 Å². The van der Waals surface area contributed by atoms with Gasteiger partial charge in [-0.1, -0.05) is 23.2 Å². The maximum atomic E-state index is 12.4. The minimum atomic E-state index is -0.0599. The number of nitrogens with zero attached hydrogens (tertiary/aromatic N) is 2. The van der Waals surface area contributed by atoms with Gasteiger partial charge in [-0.2, -0.15) is 0 Å². The third-order valence-corrected chi connectivity index (χ3v) is 4.79. The number of carbonyl (C=O) groups is 1. The van der Waals surface area contributed by atoms with Crippen molar-refractivity contribution in [2.45, 2.75) is 18.9 Å². The molecule has 0 saturated carbocycles. The molecule has 0 bridgehead atoms. The summed E-state index contributed by atoms with van der Waals surface area (Å²) >= 11 is 12.0. The summed E-state index contributed by atoms with van der Waals surface area (Å²) in [5.41, 5.74) is 1.84. The van der Waals surface area contributed by atoms with Crippen LogP contribution in [0.5, 0.6) is 0 Å². The number of rotatable bonds is 4. The monoisotopic (exact) mass is 351 g/mol. The van der Waals surface area contributed by atoms with E-state index in [0.717, 1.165) is 19.4 Å². The van der Waals surface area contributed by atoms with Gasteiger partial charge in [-0.15, -0.1) is 0 Å². The zero-order valence-corrected chi connectivity index (χ0v) is 14.4.